The van der Waals surface area contributed by atoms with Crippen LogP contribution in [0.2, 0.25) is 5.02 Å². The molecule has 8 heteroatoms. The van der Waals surface area contributed by atoms with Crippen molar-refractivity contribution in [3.8, 4) is 17.2 Å². The maximum atomic E-state index is 12.6. The van der Waals surface area contributed by atoms with Gasteiger partial charge in [-0.1, -0.05) is 11.6 Å². The number of nitrogens with zero attached hydrogens (tertiary/aromatic N) is 2. The van der Waals surface area contributed by atoms with Gasteiger partial charge in [0.1, 0.15) is 0 Å². The molecule has 0 aliphatic carbocycles. The minimum absolute atomic E-state index is 0.0396. The molecule has 3 rings (SSSR count). The largest absolute Gasteiger partial charge is 0.493 e. The highest BCUT2D eigenvalue weighted by atomic mass is 35.5. The summed E-state index contributed by atoms with van der Waals surface area (Å²) in [5.41, 5.74) is 0.240. The third-order valence-corrected chi connectivity index (χ3v) is 4.63. The highest BCUT2D eigenvalue weighted by molar-refractivity contribution is 6.30. The summed E-state index contributed by atoms with van der Waals surface area (Å²) in [5.74, 6) is 0.579. The first-order chi connectivity index (χ1) is 13.0. The Morgan fingerprint density at radius 1 is 1.07 bits per heavy atom. The first-order valence-corrected chi connectivity index (χ1v) is 8.96. The summed E-state index contributed by atoms with van der Waals surface area (Å²) in [6.07, 6.45) is 3.15. The van der Waals surface area contributed by atoms with Crippen LogP contribution in [0.4, 0.5) is 5.69 Å². The van der Waals surface area contributed by atoms with E-state index in [2.05, 4.69) is 0 Å². The first-order valence-electron chi connectivity index (χ1n) is 8.58. The van der Waals surface area contributed by atoms with Gasteiger partial charge < -0.3 is 14.4 Å². The summed E-state index contributed by atoms with van der Waals surface area (Å²) in [7, 11) is 1.45. The monoisotopic (exact) mass is 390 g/mol. The molecule has 0 N–H and O–H groups in total. The quantitative estimate of drug-likeness (QED) is 0.547. The van der Waals surface area contributed by atoms with E-state index in [0.29, 0.717) is 11.3 Å². The van der Waals surface area contributed by atoms with Gasteiger partial charge in [0, 0.05) is 29.7 Å². The number of carbonyl (C=O) groups is 1. The standard InChI is InChI=1S/C19H19ClN2O5/c1-26-18-11-13(19(23)21-9-3-2-4-10-21)5-7-17(18)27-16-8-6-14(20)12-15(16)22(24)25/h5-8,11-12H,2-4,9-10H2,1H3. The Bertz CT molecular complexity index is 865. The van der Waals surface area contributed by atoms with Crippen molar-refractivity contribution in [2.45, 2.75) is 19.3 Å². The summed E-state index contributed by atoms with van der Waals surface area (Å²) in [6, 6.07) is 8.95. The number of nitro benzene ring substituents is 1. The van der Waals surface area contributed by atoms with Gasteiger partial charge in [-0.05, 0) is 49.6 Å². The lowest BCUT2D eigenvalue weighted by molar-refractivity contribution is -0.385. The number of halogens is 1. The Hall–Kier alpha value is -2.80. The third-order valence-electron chi connectivity index (χ3n) is 4.39. The fourth-order valence-corrected chi connectivity index (χ4v) is 3.17. The number of rotatable bonds is 5. The topological polar surface area (TPSA) is 81.9 Å². The van der Waals surface area contributed by atoms with Gasteiger partial charge in [-0.2, -0.15) is 0 Å². The number of carbonyl (C=O) groups excluding carboxylic acids is 1. The Morgan fingerprint density at radius 2 is 1.78 bits per heavy atom. The molecule has 1 fully saturated rings. The van der Waals surface area contributed by atoms with Crippen LogP contribution in [0, 0.1) is 10.1 Å². The van der Waals surface area contributed by atoms with Crippen LogP contribution in [-0.4, -0.2) is 35.9 Å². The molecular weight excluding hydrogens is 372 g/mol. The lowest BCUT2D eigenvalue weighted by Crippen LogP contribution is -2.35. The van der Waals surface area contributed by atoms with E-state index in [4.69, 9.17) is 21.1 Å². The molecule has 0 bridgehead atoms. The van der Waals surface area contributed by atoms with Crippen molar-refractivity contribution in [2.24, 2.45) is 0 Å². The average molecular weight is 391 g/mol. The van der Waals surface area contributed by atoms with E-state index in [1.807, 2.05) is 4.90 Å². The zero-order chi connectivity index (χ0) is 19.4. The highest BCUT2D eigenvalue weighted by Gasteiger charge is 2.21. The lowest BCUT2D eigenvalue weighted by Gasteiger charge is -2.27. The van der Waals surface area contributed by atoms with Crippen LogP contribution in [0.15, 0.2) is 36.4 Å². The molecule has 1 aliphatic rings. The number of amides is 1. The van der Waals surface area contributed by atoms with Crippen LogP contribution in [0.5, 0.6) is 17.2 Å². The second kappa shape index (κ2) is 8.26. The van der Waals surface area contributed by atoms with Crippen molar-refractivity contribution in [3.05, 3.63) is 57.1 Å². The van der Waals surface area contributed by atoms with Crippen LogP contribution in [0.1, 0.15) is 29.6 Å². The highest BCUT2D eigenvalue weighted by Crippen LogP contribution is 2.38. The molecule has 0 radical (unpaired) electrons. The van der Waals surface area contributed by atoms with Gasteiger partial charge in [-0.15, -0.1) is 0 Å². The second-order valence-corrected chi connectivity index (χ2v) is 6.63. The maximum Gasteiger partial charge on any atom is 0.313 e. The summed E-state index contributed by atoms with van der Waals surface area (Å²) in [6.45, 7) is 1.49. The van der Waals surface area contributed by atoms with Crippen LogP contribution in [0.25, 0.3) is 0 Å². The van der Waals surface area contributed by atoms with Gasteiger partial charge in [0.25, 0.3) is 5.91 Å². The molecule has 27 heavy (non-hydrogen) atoms. The minimum atomic E-state index is -0.568. The number of piperidine rings is 1. The molecule has 0 saturated carbocycles. The molecule has 1 heterocycles. The van der Waals surface area contributed by atoms with Crippen molar-refractivity contribution in [3.63, 3.8) is 0 Å². The number of nitro groups is 1. The normalized spacial score (nSPS) is 13.9. The Morgan fingerprint density at radius 3 is 2.44 bits per heavy atom. The van der Waals surface area contributed by atoms with Gasteiger partial charge in [0.2, 0.25) is 5.75 Å². The van der Waals surface area contributed by atoms with E-state index < -0.39 is 4.92 Å². The molecule has 1 aliphatic heterocycles. The molecule has 142 valence electrons. The molecule has 1 amide bonds. The number of methoxy groups -OCH3 is 1. The fraction of sp³-hybridized carbons (Fsp3) is 0.316. The second-order valence-electron chi connectivity index (χ2n) is 6.19. The van der Waals surface area contributed by atoms with Crippen molar-refractivity contribution in [1.82, 2.24) is 4.90 Å². The van der Waals surface area contributed by atoms with Crippen LogP contribution in [-0.2, 0) is 0 Å². The number of benzene rings is 2. The molecule has 7 nitrogen and oxygen atoms in total. The molecular formula is C19H19ClN2O5. The SMILES string of the molecule is COc1cc(C(=O)N2CCCCC2)ccc1Oc1ccc(Cl)cc1[N+](=O)[O-]. The van der Waals surface area contributed by atoms with Gasteiger partial charge in [0.05, 0.1) is 12.0 Å². The van der Waals surface area contributed by atoms with Crippen molar-refractivity contribution < 1.29 is 19.2 Å². The first kappa shape index (κ1) is 19.0. The van der Waals surface area contributed by atoms with Gasteiger partial charge in [-0.25, -0.2) is 0 Å². The van der Waals surface area contributed by atoms with E-state index in [0.717, 1.165) is 32.4 Å². The predicted molar refractivity (Wildman–Crippen MR) is 101 cm³/mol. The van der Waals surface area contributed by atoms with Gasteiger partial charge >= 0.3 is 5.69 Å². The number of ether oxygens (including phenoxy) is 2. The van der Waals surface area contributed by atoms with Crippen molar-refractivity contribution in [2.75, 3.05) is 20.2 Å². The van der Waals surface area contributed by atoms with Gasteiger partial charge in [0.15, 0.2) is 11.5 Å². The predicted octanol–water partition coefficient (Wildman–Crippen LogP) is 4.68. The van der Waals surface area contributed by atoms with Crippen molar-refractivity contribution >= 4 is 23.2 Å². The molecule has 1 saturated heterocycles. The van der Waals surface area contributed by atoms with Gasteiger partial charge in [-0.3, -0.25) is 14.9 Å². The minimum Gasteiger partial charge on any atom is -0.493 e. The van der Waals surface area contributed by atoms with E-state index in [-0.39, 0.29) is 28.1 Å². The van der Waals surface area contributed by atoms with Crippen LogP contribution in [0.3, 0.4) is 0 Å². The van der Waals surface area contributed by atoms with E-state index in [1.165, 1.54) is 25.3 Å². The molecule has 0 atom stereocenters. The van der Waals surface area contributed by atoms with Crippen LogP contribution >= 0.6 is 11.6 Å². The number of hydrogen-bond donors (Lipinski definition) is 0. The number of likely N-dealkylation sites (tertiary alicyclic amines) is 1. The molecule has 0 spiro atoms. The molecule has 2 aromatic rings. The van der Waals surface area contributed by atoms with E-state index >= 15 is 0 Å². The summed E-state index contributed by atoms with van der Waals surface area (Å²) < 4.78 is 11.0. The fourth-order valence-electron chi connectivity index (χ4n) is 3.00. The molecule has 2 aromatic carbocycles. The summed E-state index contributed by atoms with van der Waals surface area (Å²) >= 11 is 5.83. The summed E-state index contributed by atoms with van der Waals surface area (Å²) in [4.78, 5) is 25.1. The molecule has 0 unspecified atom stereocenters. The number of hydrogen-bond acceptors (Lipinski definition) is 5. The third kappa shape index (κ3) is 4.31. The molecule has 0 aromatic heterocycles. The van der Waals surface area contributed by atoms with Crippen molar-refractivity contribution in [1.29, 1.82) is 0 Å². The maximum absolute atomic E-state index is 12.6. The smallest absolute Gasteiger partial charge is 0.313 e. The Balaban J connectivity index is 1.87. The summed E-state index contributed by atoms with van der Waals surface area (Å²) in [5, 5.41) is 11.5. The average Bonchev–Trinajstić information content (AvgIpc) is 2.69. The zero-order valence-electron chi connectivity index (χ0n) is 14.8. The zero-order valence-corrected chi connectivity index (χ0v) is 15.6. The lowest BCUT2D eigenvalue weighted by atomic mass is 10.1. The van der Waals surface area contributed by atoms with E-state index in [1.54, 1.807) is 18.2 Å². The van der Waals surface area contributed by atoms with E-state index in [9.17, 15) is 14.9 Å². The van der Waals surface area contributed by atoms with Crippen LogP contribution < -0.4 is 9.47 Å². The Labute approximate surface area is 161 Å². The Kier molecular flexibility index (Phi) is 5.81.